The van der Waals surface area contributed by atoms with Gasteiger partial charge in [0, 0.05) is 10.4 Å². The zero-order valence-electron chi connectivity index (χ0n) is 14.2. The summed E-state index contributed by atoms with van der Waals surface area (Å²) in [5, 5.41) is 16.7. The van der Waals surface area contributed by atoms with Crippen LogP contribution in [-0.4, -0.2) is 21.7 Å². The van der Waals surface area contributed by atoms with E-state index in [0.29, 0.717) is 16.7 Å². The summed E-state index contributed by atoms with van der Waals surface area (Å²) in [5.74, 6) is 0.976. The Balaban J connectivity index is 1.53. The lowest BCUT2D eigenvalue weighted by Gasteiger charge is -2.38. The standard InChI is InChI=1S/C19H22N2O3S/c1-19(10-12-7-8-13(9-12)11-19)20-17(22)15-16(18(23)21-24-15)25-14-5-3-2-4-6-14/h2-6,12-13H,7-11H2,1H3,(H,20,22)(H,21,23). The fourth-order valence-corrected chi connectivity index (χ4v) is 5.34. The molecular formula is C19H22N2O3S. The maximum atomic E-state index is 12.8. The van der Waals surface area contributed by atoms with E-state index in [4.69, 9.17) is 4.52 Å². The molecule has 25 heavy (non-hydrogen) atoms. The Kier molecular flexibility index (Phi) is 4.23. The summed E-state index contributed by atoms with van der Waals surface area (Å²) in [7, 11) is 0. The van der Waals surface area contributed by atoms with E-state index < -0.39 is 0 Å². The van der Waals surface area contributed by atoms with Gasteiger partial charge in [0.05, 0.1) is 0 Å². The van der Waals surface area contributed by atoms with Gasteiger partial charge >= 0.3 is 0 Å². The molecule has 5 nitrogen and oxygen atoms in total. The number of nitrogens with zero attached hydrogens (tertiary/aromatic N) is 1. The summed E-state index contributed by atoms with van der Waals surface area (Å²) >= 11 is 1.28. The van der Waals surface area contributed by atoms with E-state index in [1.165, 1.54) is 31.0 Å². The number of amides is 1. The lowest BCUT2D eigenvalue weighted by molar-refractivity contribution is 0.0812. The Morgan fingerprint density at radius 2 is 1.96 bits per heavy atom. The van der Waals surface area contributed by atoms with Crippen LogP contribution in [0.25, 0.3) is 0 Å². The first-order valence-corrected chi connectivity index (χ1v) is 9.58. The van der Waals surface area contributed by atoms with E-state index >= 15 is 0 Å². The van der Waals surface area contributed by atoms with Gasteiger partial charge in [0.25, 0.3) is 11.8 Å². The summed E-state index contributed by atoms with van der Waals surface area (Å²) in [6.07, 6.45) is 5.86. The lowest BCUT2D eigenvalue weighted by Crippen LogP contribution is -2.49. The van der Waals surface area contributed by atoms with Crippen LogP contribution in [0.5, 0.6) is 5.88 Å². The van der Waals surface area contributed by atoms with Crippen molar-refractivity contribution >= 4 is 17.7 Å². The Morgan fingerprint density at radius 1 is 1.28 bits per heavy atom. The molecule has 2 bridgehead atoms. The van der Waals surface area contributed by atoms with Gasteiger partial charge in [-0.05, 0) is 55.3 Å². The Hall–Kier alpha value is -1.95. The van der Waals surface area contributed by atoms with Crippen LogP contribution >= 0.6 is 11.8 Å². The van der Waals surface area contributed by atoms with Crippen molar-refractivity contribution in [2.24, 2.45) is 11.8 Å². The van der Waals surface area contributed by atoms with Crippen molar-refractivity contribution in [2.45, 2.75) is 54.4 Å². The van der Waals surface area contributed by atoms with Crippen molar-refractivity contribution in [1.82, 2.24) is 10.5 Å². The van der Waals surface area contributed by atoms with Crippen molar-refractivity contribution in [3.05, 3.63) is 36.1 Å². The molecule has 2 N–H and O–H groups in total. The topological polar surface area (TPSA) is 75.4 Å². The fourth-order valence-electron chi connectivity index (χ4n) is 4.46. The number of fused-ring (bicyclic) bond motifs is 2. The molecule has 0 aliphatic heterocycles. The number of nitrogens with one attached hydrogen (secondary N) is 1. The van der Waals surface area contributed by atoms with Crippen molar-refractivity contribution < 1.29 is 14.4 Å². The third-order valence-corrected chi connectivity index (χ3v) is 6.43. The lowest BCUT2D eigenvalue weighted by atomic mass is 9.76. The fraction of sp³-hybridized carbons (Fsp3) is 0.474. The summed E-state index contributed by atoms with van der Waals surface area (Å²) in [6.45, 7) is 2.12. The van der Waals surface area contributed by atoms with Gasteiger partial charge in [-0.2, -0.15) is 0 Å². The molecule has 2 aromatic rings. The average molecular weight is 358 g/mol. The highest BCUT2D eigenvalue weighted by molar-refractivity contribution is 7.99. The average Bonchev–Trinajstić information content (AvgIpc) is 3.11. The minimum absolute atomic E-state index is 0.0884. The predicted molar refractivity (Wildman–Crippen MR) is 94.7 cm³/mol. The third-order valence-electron chi connectivity index (χ3n) is 5.35. The van der Waals surface area contributed by atoms with E-state index in [1.54, 1.807) is 0 Å². The second-order valence-electron chi connectivity index (χ2n) is 7.55. The van der Waals surface area contributed by atoms with Gasteiger partial charge in [-0.1, -0.05) is 42.8 Å². The van der Waals surface area contributed by atoms with Crippen LogP contribution in [0.3, 0.4) is 0 Å². The maximum absolute atomic E-state index is 12.8. The van der Waals surface area contributed by atoms with Crippen molar-refractivity contribution in [3.63, 3.8) is 0 Å². The molecule has 132 valence electrons. The van der Waals surface area contributed by atoms with Gasteiger partial charge in [-0.3, -0.25) is 4.79 Å². The first-order valence-electron chi connectivity index (χ1n) is 8.76. The highest BCUT2D eigenvalue weighted by atomic mass is 32.2. The van der Waals surface area contributed by atoms with E-state index in [9.17, 15) is 9.90 Å². The van der Waals surface area contributed by atoms with Crippen LogP contribution in [0.1, 0.15) is 49.6 Å². The van der Waals surface area contributed by atoms with Crippen molar-refractivity contribution in [3.8, 4) is 5.88 Å². The number of aromatic nitrogens is 1. The second kappa shape index (κ2) is 6.41. The van der Waals surface area contributed by atoms with E-state index in [1.807, 2.05) is 30.3 Å². The minimum Gasteiger partial charge on any atom is -0.490 e. The molecule has 0 radical (unpaired) electrons. The molecule has 2 aliphatic carbocycles. The number of hydrogen-bond acceptors (Lipinski definition) is 5. The van der Waals surface area contributed by atoms with Crippen LogP contribution in [0.2, 0.25) is 0 Å². The third kappa shape index (κ3) is 3.40. The largest absolute Gasteiger partial charge is 0.490 e. The molecular weight excluding hydrogens is 336 g/mol. The summed E-state index contributed by atoms with van der Waals surface area (Å²) in [4.78, 5) is 14.1. The molecule has 2 aliphatic rings. The number of carbonyl (C=O) groups excluding carboxylic acids is 1. The molecule has 4 rings (SSSR count). The van der Waals surface area contributed by atoms with Gasteiger partial charge in [0.2, 0.25) is 5.76 Å². The first kappa shape index (κ1) is 16.5. The van der Waals surface area contributed by atoms with Crippen LogP contribution in [0.4, 0.5) is 0 Å². The number of hydrogen-bond donors (Lipinski definition) is 2. The Morgan fingerprint density at radius 3 is 2.64 bits per heavy atom. The van der Waals surface area contributed by atoms with Crippen molar-refractivity contribution in [1.29, 1.82) is 0 Å². The Labute approximate surface area is 151 Å². The quantitative estimate of drug-likeness (QED) is 0.855. The van der Waals surface area contributed by atoms with E-state index in [0.717, 1.165) is 17.7 Å². The molecule has 0 saturated heterocycles. The first-order chi connectivity index (χ1) is 12.0. The van der Waals surface area contributed by atoms with E-state index in [2.05, 4.69) is 17.4 Å². The molecule has 1 aromatic carbocycles. The van der Waals surface area contributed by atoms with Crippen LogP contribution in [-0.2, 0) is 0 Å². The molecule has 1 aromatic heterocycles. The zero-order chi connectivity index (χ0) is 17.4. The van der Waals surface area contributed by atoms with Gasteiger partial charge in [-0.15, -0.1) is 0 Å². The van der Waals surface area contributed by atoms with Gasteiger partial charge in [0.1, 0.15) is 4.90 Å². The molecule has 2 fully saturated rings. The zero-order valence-corrected chi connectivity index (χ0v) is 15.0. The molecule has 1 heterocycles. The SMILES string of the molecule is CC1(NC(=O)c2onc(O)c2Sc2ccccc2)CC2CCC(C2)C1. The van der Waals surface area contributed by atoms with Crippen LogP contribution in [0.15, 0.2) is 44.6 Å². The normalized spacial score (nSPS) is 28.0. The molecule has 1 amide bonds. The van der Waals surface area contributed by atoms with Gasteiger partial charge < -0.3 is 14.9 Å². The predicted octanol–water partition coefficient (Wildman–Crippen LogP) is 4.23. The number of benzene rings is 1. The molecule has 0 spiro atoms. The molecule has 6 heteroatoms. The number of rotatable bonds is 4. The monoisotopic (exact) mass is 358 g/mol. The summed E-state index contributed by atoms with van der Waals surface area (Å²) < 4.78 is 5.15. The summed E-state index contributed by atoms with van der Waals surface area (Å²) in [6, 6.07) is 9.57. The highest BCUT2D eigenvalue weighted by Gasteiger charge is 2.42. The molecule has 2 unspecified atom stereocenters. The Bertz CT molecular complexity index is 762. The maximum Gasteiger partial charge on any atom is 0.291 e. The number of carbonyl (C=O) groups is 1. The van der Waals surface area contributed by atoms with Crippen molar-refractivity contribution in [2.75, 3.05) is 0 Å². The van der Waals surface area contributed by atoms with Gasteiger partial charge in [-0.25, -0.2) is 0 Å². The van der Waals surface area contributed by atoms with Crippen LogP contribution in [0, 0.1) is 11.8 Å². The van der Waals surface area contributed by atoms with Crippen LogP contribution < -0.4 is 5.32 Å². The second-order valence-corrected chi connectivity index (χ2v) is 8.63. The minimum atomic E-state index is -0.296. The van der Waals surface area contributed by atoms with E-state index in [-0.39, 0.29) is 23.1 Å². The highest BCUT2D eigenvalue weighted by Crippen LogP contribution is 2.46. The smallest absolute Gasteiger partial charge is 0.291 e. The number of aromatic hydroxyl groups is 1. The summed E-state index contributed by atoms with van der Waals surface area (Å²) in [5.41, 5.74) is -0.210. The molecule has 2 atom stereocenters. The van der Waals surface area contributed by atoms with Gasteiger partial charge in [0.15, 0.2) is 0 Å². The molecule has 2 saturated carbocycles.